The number of benzene rings is 2. The number of amides is 2. The maximum Gasteiger partial charge on any atom is 0.255 e. The fourth-order valence-electron chi connectivity index (χ4n) is 3.39. The lowest BCUT2D eigenvalue weighted by molar-refractivity contribution is -0.120. The second-order valence-electron chi connectivity index (χ2n) is 7.36. The van der Waals surface area contributed by atoms with Gasteiger partial charge in [-0.1, -0.05) is 48.5 Å². The summed E-state index contributed by atoms with van der Waals surface area (Å²) >= 11 is 0. The minimum atomic E-state index is -0.262. The molecule has 1 heterocycles. The van der Waals surface area contributed by atoms with Crippen molar-refractivity contribution < 1.29 is 9.59 Å². The summed E-state index contributed by atoms with van der Waals surface area (Å²) in [6.07, 6.45) is 3.71. The Morgan fingerprint density at radius 2 is 1.76 bits per heavy atom. The Kier molecular flexibility index (Phi) is 5.42. The molecule has 0 saturated heterocycles. The zero-order valence-corrected chi connectivity index (χ0v) is 16.4. The van der Waals surface area contributed by atoms with Crippen LogP contribution in [0, 0.1) is 6.92 Å². The van der Waals surface area contributed by atoms with Gasteiger partial charge in [0.1, 0.15) is 0 Å². The molecular weight excluding hydrogens is 364 g/mol. The molecule has 0 radical (unpaired) electrons. The Morgan fingerprint density at radius 3 is 2.48 bits per heavy atom. The van der Waals surface area contributed by atoms with Gasteiger partial charge in [-0.05, 0) is 37.0 Å². The fourth-order valence-corrected chi connectivity index (χ4v) is 3.39. The molecule has 1 fully saturated rings. The standard InChI is InChI=1S/C23H24N4O2/c1-16-7-5-6-10-20(16)27-22(18-11-12-18)19(14-26-27)23(29)25-15-21(28)24-13-17-8-3-2-4-9-17/h2-10,14,18H,11-13,15H2,1H3,(H,24,28)(H,25,29). The van der Waals surface area contributed by atoms with Gasteiger partial charge in [-0.25, -0.2) is 4.68 Å². The number of aryl methyl sites for hydroxylation is 1. The molecule has 1 aliphatic carbocycles. The largest absolute Gasteiger partial charge is 0.350 e. The summed E-state index contributed by atoms with van der Waals surface area (Å²) in [6, 6.07) is 17.7. The van der Waals surface area contributed by atoms with E-state index in [0.29, 0.717) is 18.0 Å². The average molecular weight is 388 g/mol. The Hall–Kier alpha value is -3.41. The lowest BCUT2D eigenvalue weighted by Crippen LogP contribution is -2.36. The van der Waals surface area contributed by atoms with Crippen molar-refractivity contribution in [2.45, 2.75) is 32.2 Å². The van der Waals surface area contributed by atoms with Crippen LogP contribution in [0.25, 0.3) is 5.69 Å². The third kappa shape index (κ3) is 4.37. The molecule has 6 heteroatoms. The van der Waals surface area contributed by atoms with Crippen LogP contribution >= 0.6 is 0 Å². The molecule has 3 aromatic rings. The van der Waals surface area contributed by atoms with E-state index in [2.05, 4.69) is 15.7 Å². The SMILES string of the molecule is Cc1ccccc1-n1ncc(C(=O)NCC(=O)NCc2ccccc2)c1C1CC1. The van der Waals surface area contributed by atoms with E-state index in [9.17, 15) is 9.59 Å². The number of carbonyl (C=O) groups is 2. The van der Waals surface area contributed by atoms with Gasteiger partial charge in [0, 0.05) is 12.5 Å². The second-order valence-corrected chi connectivity index (χ2v) is 7.36. The maximum atomic E-state index is 12.8. The zero-order chi connectivity index (χ0) is 20.2. The van der Waals surface area contributed by atoms with Crippen LogP contribution in [0.15, 0.2) is 60.8 Å². The number of nitrogens with zero attached hydrogens (tertiary/aromatic N) is 2. The Balaban J connectivity index is 1.42. The third-order valence-electron chi connectivity index (χ3n) is 5.10. The first-order valence-electron chi connectivity index (χ1n) is 9.86. The Bertz CT molecular complexity index is 1020. The third-order valence-corrected chi connectivity index (χ3v) is 5.10. The van der Waals surface area contributed by atoms with E-state index in [1.54, 1.807) is 6.20 Å². The van der Waals surface area contributed by atoms with Gasteiger partial charge < -0.3 is 10.6 Å². The van der Waals surface area contributed by atoms with Gasteiger partial charge in [0.25, 0.3) is 5.91 Å². The number of nitrogens with one attached hydrogen (secondary N) is 2. The topological polar surface area (TPSA) is 76.0 Å². The van der Waals surface area contributed by atoms with E-state index in [-0.39, 0.29) is 18.4 Å². The molecule has 1 aliphatic rings. The van der Waals surface area contributed by atoms with Crippen LogP contribution in [0.4, 0.5) is 0 Å². The van der Waals surface area contributed by atoms with Crippen LogP contribution < -0.4 is 10.6 Å². The maximum absolute atomic E-state index is 12.8. The number of hydrogen-bond acceptors (Lipinski definition) is 3. The number of hydrogen-bond donors (Lipinski definition) is 2. The van der Waals surface area contributed by atoms with Gasteiger partial charge in [-0.15, -0.1) is 0 Å². The first kappa shape index (κ1) is 18.9. The fraction of sp³-hybridized carbons (Fsp3) is 0.261. The average Bonchev–Trinajstić information content (AvgIpc) is 3.49. The molecule has 0 atom stereocenters. The lowest BCUT2D eigenvalue weighted by Gasteiger charge is -2.11. The molecule has 0 unspecified atom stereocenters. The molecule has 1 aromatic heterocycles. The normalized spacial score (nSPS) is 13.1. The summed E-state index contributed by atoms with van der Waals surface area (Å²) in [6.45, 7) is 2.41. The molecule has 0 aliphatic heterocycles. The van der Waals surface area contributed by atoms with Gasteiger partial charge in [0.2, 0.25) is 5.91 Å². The highest BCUT2D eigenvalue weighted by atomic mass is 16.2. The smallest absolute Gasteiger partial charge is 0.255 e. The van der Waals surface area contributed by atoms with E-state index in [4.69, 9.17) is 0 Å². The number of rotatable bonds is 7. The molecule has 148 valence electrons. The van der Waals surface area contributed by atoms with Crippen LogP contribution in [0.2, 0.25) is 0 Å². The zero-order valence-electron chi connectivity index (χ0n) is 16.4. The Labute approximate surface area is 169 Å². The van der Waals surface area contributed by atoms with Gasteiger partial charge >= 0.3 is 0 Å². The molecule has 2 aromatic carbocycles. The first-order chi connectivity index (χ1) is 14.1. The number of aromatic nitrogens is 2. The molecule has 2 amide bonds. The number of para-hydroxylation sites is 1. The number of carbonyl (C=O) groups excluding carboxylic acids is 2. The molecule has 29 heavy (non-hydrogen) atoms. The summed E-state index contributed by atoms with van der Waals surface area (Å²) in [7, 11) is 0. The summed E-state index contributed by atoms with van der Waals surface area (Å²) in [5, 5.41) is 10.0. The van der Waals surface area contributed by atoms with Crippen LogP contribution in [0.5, 0.6) is 0 Å². The van der Waals surface area contributed by atoms with E-state index in [1.807, 2.05) is 66.2 Å². The van der Waals surface area contributed by atoms with Crippen molar-refractivity contribution in [3.05, 3.63) is 83.2 Å². The summed E-state index contributed by atoms with van der Waals surface area (Å²) < 4.78 is 1.87. The van der Waals surface area contributed by atoms with Crippen LogP contribution in [-0.4, -0.2) is 28.1 Å². The highest BCUT2D eigenvalue weighted by Crippen LogP contribution is 2.42. The molecule has 0 bridgehead atoms. The molecule has 4 rings (SSSR count). The van der Waals surface area contributed by atoms with E-state index < -0.39 is 0 Å². The monoisotopic (exact) mass is 388 g/mol. The quantitative estimate of drug-likeness (QED) is 0.653. The molecule has 2 N–H and O–H groups in total. The van der Waals surface area contributed by atoms with Crippen LogP contribution in [0.3, 0.4) is 0 Å². The van der Waals surface area contributed by atoms with Crippen molar-refractivity contribution in [1.29, 1.82) is 0 Å². The van der Waals surface area contributed by atoms with Gasteiger partial charge in [-0.2, -0.15) is 5.10 Å². The predicted octanol–water partition coefficient (Wildman–Crippen LogP) is 3.10. The van der Waals surface area contributed by atoms with Crippen molar-refractivity contribution in [3.8, 4) is 5.69 Å². The van der Waals surface area contributed by atoms with E-state index in [0.717, 1.165) is 35.3 Å². The predicted molar refractivity (Wildman–Crippen MR) is 111 cm³/mol. The van der Waals surface area contributed by atoms with Gasteiger partial charge in [0.05, 0.1) is 29.7 Å². The van der Waals surface area contributed by atoms with E-state index >= 15 is 0 Å². The molecule has 0 spiro atoms. The van der Waals surface area contributed by atoms with Crippen LogP contribution in [-0.2, 0) is 11.3 Å². The van der Waals surface area contributed by atoms with Crippen molar-refractivity contribution >= 4 is 11.8 Å². The summed E-state index contributed by atoms with van der Waals surface area (Å²) in [5.41, 5.74) is 4.58. The van der Waals surface area contributed by atoms with Crippen molar-refractivity contribution in [3.63, 3.8) is 0 Å². The highest BCUT2D eigenvalue weighted by Gasteiger charge is 2.33. The molecular formula is C23H24N4O2. The highest BCUT2D eigenvalue weighted by molar-refractivity contribution is 5.97. The molecule has 1 saturated carbocycles. The van der Waals surface area contributed by atoms with E-state index in [1.165, 1.54) is 0 Å². The second kappa shape index (κ2) is 8.31. The van der Waals surface area contributed by atoms with Crippen molar-refractivity contribution in [2.24, 2.45) is 0 Å². The van der Waals surface area contributed by atoms with Gasteiger partial charge in [0.15, 0.2) is 0 Å². The summed E-state index contributed by atoms with van der Waals surface area (Å²) in [5.74, 6) is -0.146. The van der Waals surface area contributed by atoms with Crippen LogP contribution in [0.1, 0.15) is 45.9 Å². The van der Waals surface area contributed by atoms with Gasteiger partial charge in [-0.3, -0.25) is 9.59 Å². The molecule has 6 nitrogen and oxygen atoms in total. The minimum absolute atomic E-state index is 0.0642. The van der Waals surface area contributed by atoms with Crippen molar-refractivity contribution in [1.82, 2.24) is 20.4 Å². The first-order valence-corrected chi connectivity index (χ1v) is 9.86. The Morgan fingerprint density at radius 1 is 1.03 bits per heavy atom. The summed E-state index contributed by atoms with van der Waals surface area (Å²) in [4.78, 5) is 24.9. The van der Waals surface area contributed by atoms with Crippen molar-refractivity contribution in [2.75, 3.05) is 6.54 Å². The minimum Gasteiger partial charge on any atom is -0.350 e. The lowest BCUT2D eigenvalue weighted by atomic mass is 10.1.